The van der Waals surface area contributed by atoms with Gasteiger partial charge in [0, 0.05) is 6.04 Å². The van der Waals surface area contributed by atoms with Gasteiger partial charge in [-0.1, -0.05) is 48.9 Å². The summed E-state index contributed by atoms with van der Waals surface area (Å²) in [5, 5.41) is 0.144. The lowest BCUT2D eigenvalue weighted by Gasteiger charge is -2.13. The van der Waals surface area contributed by atoms with Crippen LogP contribution in [0.1, 0.15) is 29.7 Å². The zero-order chi connectivity index (χ0) is 13.8. The topological polar surface area (TPSA) is 26.0 Å². The van der Waals surface area contributed by atoms with Gasteiger partial charge in [0.1, 0.15) is 5.82 Å². The number of rotatable bonds is 4. The molecule has 1 unspecified atom stereocenters. The van der Waals surface area contributed by atoms with Crippen LogP contribution in [0.15, 0.2) is 42.5 Å². The summed E-state index contributed by atoms with van der Waals surface area (Å²) in [6.07, 6.45) is 1.66. The smallest absolute Gasteiger partial charge is 0.141 e. The molecule has 0 aliphatic heterocycles. The summed E-state index contributed by atoms with van der Waals surface area (Å²) in [7, 11) is 0. The molecule has 0 spiro atoms. The number of hydrogen-bond donors (Lipinski definition) is 1. The fraction of sp³-hybridized carbons (Fsp3) is 0.250. The van der Waals surface area contributed by atoms with Crippen molar-refractivity contribution in [3.05, 3.63) is 70.0 Å². The molecule has 0 saturated heterocycles. The van der Waals surface area contributed by atoms with Crippen LogP contribution in [0, 0.1) is 5.82 Å². The van der Waals surface area contributed by atoms with Crippen LogP contribution in [-0.4, -0.2) is 0 Å². The fourth-order valence-corrected chi connectivity index (χ4v) is 2.24. The minimum atomic E-state index is -0.397. The number of benzene rings is 2. The van der Waals surface area contributed by atoms with Gasteiger partial charge in [-0.25, -0.2) is 4.39 Å². The first-order valence-corrected chi connectivity index (χ1v) is 6.76. The highest BCUT2D eigenvalue weighted by Gasteiger charge is 2.08. The van der Waals surface area contributed by atoms with Gasteiger partial charge in [-0.15, -0.1) is 0 Å². The highest BCUT2D eigenvalue weighted by molar-refractivity contribution is 6.30. The van der Waals surface area contributed by atoms with E-state index in [0.717, 1.165) is 17.5 Å². The quantitative estimate of drug-likeness (QED) is 0.887. The summed E-state index contributed by atoms with van der Waals surface area (Å²) in [5.74, 6) is -0.397. The molecule has 3 heteroatoms. The fourth-order valence-electron chi connectivity index (χ4n) is 2.04. The minimum absolute atomic E-state index is 0.104. The molecular weight excluding hydrogens is 261 g/mol. The Balaban J connectivity index is 2.10. The monoisotopic (exact) mass is 277 g/mol. The maximum absolute atomic E-state index is 13.1. The Morgan fingerprint density at radius 1 is 1.11 bits per heavy atom. The first-order valence-electron chi connectivity index (χ1n) is 6.38. The van der Waals surface area contributed by atoms with Gasteiger partial charge in [0.2, 0.25) is 0 Å². The summed E-state index contributed by atoms with van der Waals surface area (Å²) in [6, 6.07) is 12.9. The second kappa shape index (κ2) is 6.18. The van der Waals surface area contributed by atoms with Crippen LogP contribution < -0.4 is 5.73 Å². The highest BCUT2D eigenvalue weighted by Crippen LogP contribution is 2.21. The van der Waals surface area contributed by atoms with Gasteiger partial charge in [-0.2, -0.15) is 0 Å². The van der Waals surface area contributed by atoms with Crippen LogP contribution in [0.5, 0.6) is 0 Å². The molecule has 1 nitrogen and oxygen atoms in total. The second-order valence-corrected chi connectivity index (χ2v) is 5.06. The van der Waals surface area contributed by atoms with Crippen molar-refractivity contribution in [3.63, 3.8) is 0 Å². The Morgan fingerprint density at radius 3 is 2.32 bits per heavy atom. The van der Waals surface area contributed by atoms with Gasteiger partial charge < -0.3 is 5.73 Å². The number of hydrogen-bond acceptors (Lipinski definition) is 1. The predicted octanol–water partition coefficient (Wildman–Crippen LogP) is 4.28. The van der Waals surface area contributed by atoms with Crippen molar-refractivity contribution in [3.8, 4) is 0 Å². The Hall–Kier alpha value is -1.38. The van der Waals surface area contributed by atoms with Gasteiger partial charge in [0.25, 0.3) is 0 Å². The predicted molar refractivity (Wildman–Crippen MR) is 77.9 cm³/mol. The molecule has 0 radical (unpaired) electrons. The summed E-state index contributed by atoms with van der Waals surface area (Å²) < 4.78 is 13.1. The summed E-state index contributed by atoms with van der Waals surface area (Å²) >= 11 is 5.77. The normalized spacial score (nSPS) is 12.4. The third-order valence-electron chi connectivity index (χ3n) is 3.26. The van der Waals surface area contributed by atoms with Gasteiger partial charge in [-0.05, 0) is 41.7 Å². The Kier molecular flexibility index (Phi) is 4.56. The average molecular weight is 278 g/mol. The minimum Gasteiger partial charge on any atom is -0.324 e. The zero-order valence-electron chi connectivity index (χ0n) is 10.9. The molecule has 100 valence electrons. The average Bonchev–Trinajstić information content (AvgIpc) is 2.43. The molecule has 0 aliphatic rings. The highest BCUT2D eigenvalue weighted by atomic mass is 35.5. The number of nitrogens with two attached hydrogens (primary N) is 1. The molecule has 0 aromatic heterocycles. The molecule has 2 aromatic carbocycles. The van der Waals surface area contributed by atoms with Crippen molar-refractivity contribution in [2.45, 2.75) is 25.8 Å². The van der Waals surface area contributed by atoms with E-state index in [-0.39, 0.29) is 11.1 Å². The van der Waals surface area contributed by atoms with E-state index >= 15 is 0 Å². The molecular formula is C16H17ClFN. The Morgan fingerprint density at radius 2 is 1.74 bits per heavy atom. The Labute approximate surface area is 118 Å². The SMILES string of the molecule is CCc1ccc(C(N)Cc2ccc(F)c(Cl)c2)cc1. The van der Waals surface area contributed by atoms with Crippen LogP contribution in [-0.2, 0) is 12.8 Å². The van der Waals surface area contributed by atoms with Crippen LogP contribution in [0.25, 0.3) is 0 Å². The van der Waals surface area contributed by atoms with Crippen LogP contribution in [0.3, 0.4) is 0 Å². The van der Waals surface area contributed by atoms with Gasteiger partial charge >= 0.3 is 0 Å². The molecule has 0 amide bonds. The maximum atomic E-state index is 13.1. The summed E-state index contributed by atoms with van der Waals surface area (Å²) in [6.45, 7) is 2.12. The zero-order valence-corrected chi connectivity index (χ0v) is 11.6. The molecule has 19 heavy (non-hydrogen) atoms. The van der Waals surface area contributed by atoms with Crippen LogP contribution in [0.2, 0.25) is 5.02 Å². The molecule has 2 aromatic rings. The van der Waals surface area contributed by atoms with Crippen molar-refractivity contribution in [2.75, 3.05) is 0 Å². The van der Waals surface area contributed by atoms with Gasteiger partial charge in [0.05, 0.1) is 5.02 Å². The Bertz CT molecular complexity index is 551. The summed E-state index contributed by atoms with van der Waals surface area (Å²) in [5.41, 5.74) is 9.49. The van der Waals surface area contributed by atoms with Crippen molar-refractivity contribution in [1.29, 1.82) is 0 Å². The third-order valence-corrected chi connectivity index (χ3v) is 3.55. The number of halogens is 2. The first kappa shape index (κ1) is 14.0. The largest absolute Gasteiger partial charge is 0.324 e. The molecule has 0 bridgehead atoms. The molecule has 0 heterocycles. The van der Waals surface area contributed by atoms with Crippen molar-refractivity contribution >= 4 is 11.6 Å². The van der Waals surface area contributed by atoms with E-state index in [2.05, 4.69) is 31.2 Å². The lowest BCUT2D eigenvalue weighted by molar-refractivity contribution is 0.626. The molecule has 2 rings (SSSR count). The molecule has 0 aliphatic carbocycles. The van der Waals surface area contributed by atoms with E-state index in [4.69, 9.17) is 17.3 Å². The third kappa shape index (κ3) is 3.55. The van der Waals surface area contributed by atoms with E-state index in [1.807, 2.05) is 0 Å². The van der Waals surface area contributed by atoms with E-state index in [0.29, 0.717) is 6.42 Å². The van der Waals surface area contributed by atoms with Gasteiger partial charge in [-0.3, -0.25) is 0 Å². The molecule has 0 fully saturated rings. The maximum Gasteiger partial charge on any atom is 0.141 e. The summed E-state index contributed by atoms with van der Waals surface area (Å²) in [4.78, 5) is 0. The molecule has 2 N–H and O–H groups in total. The van der Waals surface area contributed by atoms with Gasteiger partial charge in [0.15, 0.2) is 0 Å². The van der Waals surface area contributed by atoms with Crippen LogP contribution >= 0.6 is 11.6 Å². The molecule has 0 saturated carbocycles. The van der Waals surface area contributed by atoms with Crippen molar-refractivity contribution in [2.24, 2.45) is 5.73 Å². The first-order chi connectivity index (χ1) is 9.10. The lowest BCUT2D eigenvalue weighted by atomic mass is 9.98. The lowest BCUT2D eigenvalue weighted by Crippen LogP contribution is -2.13. The van der Waals surface area contributed by atoms with Crippen molar-refractivity contribution in [1.82, 2.24) is 0 Å². The second-order valence-electron chi connectivity index (χ2n) is 4.65. The van der Waals surface area contributed by atoms with E-state index < -0.39 is 5.82 Å². The van der Waals surface area contributed by atoms with E-state index in [1.54, 1.807) is 12.1 Å². The van der Waals surface area contributed by atoms with Crippen LogP contribution in [0.4, 0.5) is 4.39 Å². The number of aryl methyl sites for hydroxylation is 1. The van der Waals surface area contributed by atoms with Crippen molar-refractivity contribution < 1.29 is 4.39 Å². The van der Waals surface area contributed by atoms with E-state index in [1.165, 1.54) is 11.6 Å². The standard InChI is InChI=1S/C16H17ClFN/c1-2-11-3-6-13(7-4-11)16(19)10-12-5-8-15(18)14(17)9-12/h3-9,16H,2,10,19H2,1H3. The van der Waals surface area contributed by atoms with E-state index in [9.17, 15) is 4.39 Å². The molecule has 1 atom stereocenters.